The van der Waals surface area contributed by atoms with Crippen molar-refractivity contribution in [2.45, 2.75) is 20.0 Å². The number of rotatable bonds is 5. The molecule has 6 nitrogen and oxygen atoms in total. The van der Waals surface area contributed by atoms with Crippen molar-refractivity contribution < 1.29 is 13.2 Å². The molecule has 0 saturated carbocycles. The number of aromatic nitrogens is 1. The van der Waals surface area contributed by atoms with Gasteiger partial charge in [0.2, 0.25) is 10.0 Å². The lowest BCUT2D eigenvalue weighted by atomic mass is 10.3. The molecule has 0 amide bonds. The number of aromatic amines is 1. The quantitative estimate of drug-likeness (QED) is 0.805. The van der Waals surface area contributed by atoms with Crippen molar-refractivity contribution in [2.24, 2.45) is 0 Å². The molecule has 17 heavy (non-hydrogen) atoms. The smallest absolute Gasteiger partial charge is 0.250 e. The number of sulfonamides is 1. The van der Waals surface area contributed by atoms with Gasteiger partial charge >= 0.3 is 0 Å². The molecule has 0 unspecified atom stereocenters. The fourth-order valence-electron chi connectivity index (χ4n) is 1.25. The van der Waals surface area contributed by atoms with Gasteiger partial charge < -0.3 is 9.72 Å². The van der Waals surface area contributed by atoms with Gasteiger partial charge in [-0.1, -0.05) is 0 Å². The Kier molecular flexibility index (Phi) is 4.30. The number of hydrogen-bond donors (Lipinski definition) is 2. The van der Waals surface area contributed by atoms with Gasteiger partial charge in [-0.05, 0) is 19.9 Å². The molecule has 0 spiro atoms. The van der Waals surface area contributed by atoms with Gasteiger partial charge in [0.1, 0.15) is 0 Å². The number of nitrogens with one attached hydrogen (secondary N) is 2. The van der Waals surface area contributed by atoms with Gasteiger partial charge in [-0.25, -0.2) is 8.42 Å². The van der Waals surface area contributed by atoms with Crippen molar-refractivity contribution in [3.63, 3.8) is 0 Å². The van der Waals surface area contributed by atoms with E-state index in [4.69, 9.17) is 4.74 Å². The van der Waals surface area contributed by atoms with Crippen LogP contribution >= 0.6 is 0 Å². The molecule has 0 aliphatic rings. The molecule has 0 aliphatic carbocycles. The average Bonchev–Trinajstić information content (AvgIpc) is 2.22. The first-order valence-electron chi connectivity index (χ1n) is 5.06. The molecule has 96 valence electrons. The largest absolute Gasteiger partial charge is 0.381 e. The van der Waals surface area contributed by atoms with Crippen LogP contribution in [0.5, 0.6) is 0 Å². The molecule has 2 N–H and O–H groups in total. The first-order chi connectivity index (χ1) is 7.84. The molecule has 0 saturated heterocycles. The Morgan fingerprint density at radius 3 is 2.71 bits per heavy atom. The number of hydrogen-bond acceptors (Lipinski definition) is 4. The topological polar surface area (TPSA) is 88.3 Å². The zero-order chi connectivity index (χ0) is 13.1. The number of H-pyrrole nitrogens is 1. The number of pyridine rings is 1. The summed E-state index contributed by atoms with van der Waals surface area (Å²) in [4.78, 5) is 13.6. The fourth-order valence-corrected chi connectivity index (χ4v) is 2.57. The summed E-state index contributed by atoms with van der Waals surface area (Å²) in [6.07, 6.45) is 0.932. The van der Waals surface area contributed by atoms with Crippen molar-refractivity contribution in [1.29, 1.82) is 0 Å². The molecule has 1 aromatic rings. The van der Waals surface area contributed by atoms with Crippen molar-refractivity contribution >= 4 is 15.7 Å². The standard InChI is InChI=1S/C10H16N2O4S/c1-7-4-9(5-11-10(7)13)12-17(14,15)6-8(2)16-3/h4-5,8,12H,6H2,1-3H3,(H,11,13)/t8-/m0/s1. The van der Waals surface area contributed by atoms with Gasteiger partial charge in [0.15, 0.2) is 0 Å². The summed E-state index contributed by atoms with van der Waals surface area (Å²) < 4.78 is 30.6. The Bertz CT molecular complexity index is 535. The second-order valence-electron chi connectivity index (χ2n) is 3.83. The van der Waals surface area contributed by atoms with E-state index in [9.17, 15) is 13.2 Å². The van der Waals surface area contributed by atoms with Crippen molar-refractivity contribution in [3.05, 3.63) is 28.2 Å². The summed E-state index contributed by atoms with van der Waals surface area (Å²) in [5, 5.41) is 0. The first kappa shape index (κ1) is 13.7. The van der Waals surface area contributed by atoms with E-state index in [1.165, 1.54) is 19.4 Å². The molecule has 0 fully saturated rings. The Morgan fingerprint density at radius 1 is 1.53 bits per heavy atom. The highest BCUT2D eigenvalue weighted by atomic mass is 32.2. The Labute approximate surface area is 100 Å². The first-order valence-corrected chi connectivity index (χ1v) is 6.72. The lowest BCUT2D eigenvalue weighted by Gasteiger charge is -2.12. The van der Waals surface area contributed by atoms with Crippen LogP contribution in [0.1, 0.15) is 12.5 Å². The van der Waals surface area contributed by atoms with E-state index >= 15 is 0 Å². The van der Waals surface area contributed by atoms with Gasteiger partial charge in [0.25, 0.3) is 5.56 Å². The van der Waals surface area contributed by atoms with E-state index in [0.717, 1.165) is 0 Å². The Balaban J connectivity index is 2.83. The van der Waals surface area contributed by atoms with E-state index in [0.29, 0.717) is 11.3 Å². The molecule has 1 atom stereocenters. The van der Waals surface area contributed by atoms with Crippen LogP contribution in [-0.4, -0.2) is 32.4 Å². The van der Waals surface area contributed by atoms with Gasteiger partial charge in [-0.3, -0.25) is 9.52 Å². The third-order valence-electron chi connectivity index (χ3n) is 2.22. The minimum atomic E-state index is -3.47. The van der Waals surface area contributed by atoms with Crippen LogP contribution in [0.2, 0.25) is 0 Å². The minimum absolute atomic E-state index is 0.137. The highest BCUT2D eigenvalue weighted by Crippen LogP contribution is 2.08. The summed E-state index contributed by atoms with van der Waals surface area (Å²) in [5.74, 6) is -0.137. The van der Waals surface area contributed by atoms with Crippen LogP contribution in [0.4, 0.5) is 5.69 Å². The molecule has 0 radical (unpaired) electrons. The van der Waals surface area contributed by atoms with Crippen LogP contribution < -0.4 is 10.3 Å². The van der Waals surface area contributed by atoms with E-state index in [-0.39, 0.29) is 11.3 Å². The van der Waals surface area contributed by atoms with Crippen molar-refractivity contribution in [3.8, 4) is 0 Å². The maximum absolute atomic E-state index is 11.7. The molecule has 0 aromatic carbocycles. The van der Waals surface area contributed by atoms with Gasteiger partial charge in [0, 0.05) is 18.9 Å². The normalized spacial score (nSPS) is 13.4. The fraction of sp³-hybridized carbons (Fsp3) is 0.500. The van der Waals surface area contributed by atoms with E-state index in [1.54, 1.807) is 13.8 Å². The third-order valence-corrected chi connectivity index (χ3v) is 3.67. The van der Waals surface area contributed by atoms with Crippen LogP contribution in [0.3, 0.4) is 0 Å². The molecule has 7 heteroatoms. The van der Waals surface area contributed by atoms with Crippen LogP contribution in [-0.2, 0) is 14.8 Å². The summed E-state index contributed by atoms with van der Waals surface area (Å²) in [6.45, 7) is 3.27. The SMILES string of the molecule is CO[C@@H](C)CS(=O)(=O)Nc1c[nH]c(=O)c(C)c1. The van der Waals surface area contributed by atoms with Crippen LogP contribution in [0.15, 0.2) is 17.1 Å². The molecule has 1 aromatic heterocycles. The Morgan fingerprint density at radius 2 is 2.18 bits per heavy atom. The zero-order valence-electron chi connectivity index (χ0n) is 9.98. The average molecular weight is 260 g/mol. The second kappa shape index (κ2) is 5.33. The predicted octanol–water partition coefficient (Wildman–Crippen LogP) is 0.460. The summed E-state index contributed by atoms with van der Waals surface area (Å²) >= 11 is 0. The highest BCUT2D eigenvalue weighted by molar-refractivity contribution is 7.92. The Hall–Kier alpha value is -1.34. The summed E-state index contributed by atoms with van der Waals surface area (Å²) in [5.41, 5.74) is 0.550. The number of ether oxygens (including phenoxy) is 1. The lowest BCUT2D eigenvalue weighted by molar-refractivity contribution is 0.136. The number of anilines is 1. The third kappa shape index (κ3) is 4.20. The highest BCUT2D eigenvalue weighted by Gasteiger charge is 2.15. The van der Waals surface area contributed by atoms with Crippen LogP contribution in [0.25, 0.3) is 0 Å². The number of aryl methyl sites for hydroxylation is 1. The molecule has 0 bridgehead atoms. The lowest BCUT2D eigenvalue weighted by Crippen LogP contribution is -2.26. The van der Waals surface area contributed by atoms with Crippen LogP contribution in [0, 0.1) is 6.92 Å². The summed E-state index contributed by atoms with van der Waals surface area (Å²) in [6, 6.07) is 1.48. The zero-order valence-corrected chi connectivity index (χ0v) is 10.8. The maximum atomic E-state index is 11.7. The van der Waals surface area contributed by atoms with E-state index < -0.39 is 16.1 Å². The van der Waals surface area contributed by atoms with Crippen molar-refractivity contribution in [1.82, 2.24) is 4.98 Å². The maximum Gasteiger partial charge on any atom is 0.250 e. The second-order valence-corrected chi connectivity index (χ2v) is 5.60. The van der Waals surface area contributed by atoms with Gasteiger partial charge in [0.05, 0.1) is 17.5 Å². The summed E-state index contributed by atoms with van der Waals surface area (Å²) in [7, 11) is -2.02. The molecule has 0 aliphatic heterocycles. The van der Waals surface area contributed by atoms with E-state index in [2.05, 4.69) is 9.71 Å². The predicted molar refractivity (Wildman–Crippen MR) is 65.7 cm³/mol. The molecular formula is C10H16N2O4S. The molecular weight excluding hydrogens is 244 g/mol. The molecule has 1 heterocycles. The van der Waals surface area contributed by atoms with Crippen molar-refractivity contribution in [2.75, 3.05) is 17.6 Å². The number of methoxy groups -OCH3 is 1. The van der Waals surface area contributed by atoms with Gasteiger partial charge in [-0.2, -0.15) is 0 Å². The van der Waals surface area contributed by atoms with E-state index in [1.807, 2.05) is 0 Å². The minimum Gasteiger partial charge on any atom is -0.381 e. The molecule has 1 rings (SSSR count). The monoisotopic (exact) mass is 260 g/mol. The van der Waals surface area contributed by atoms with Gasteiger partial charge in [-0.15, -0.1) is 0 Å².